The van der Waals surface area contributed by atoms with Gasteiger partial charge in [0.2, 0.25) is 0 Å². The maximum Gasteiger partial charge on any atom is 0.253 e. The minimum Gasteiger partial charge on any atom is -0.345 e. The fourth-order valence-electron chi connectivity index (χ4n) is 3.46. The van der Waals surface area contributed by atoms with Crippen LogP contribution in [0.1, 0.15) is 34.1 Å². The second kappa shape index (κ2) is 6.68. The van der Waals surface area contributed by atoms with Gasteiger partial charge in [-0.15, -0.1) is 11.3 Å². The molecule has 134 valence electrons. The lowest BCUT2D eigenvalue weighted by Gasteiger charge is -2.18. The summed E-state index contributed by atoms with van der Waals surface area (Å²) < 4.78 is 0. The molecule has 4 rings (SSSR count). The van der Waals surface area contributed by atoms with Crippen LogP contribution in [0.3, 0.4) is 0 Å². The van der Waals surface area contributed by atoms with E-state index in [0.717, 1.165) is 40.5 Å². The third kappa shape index (κ3) is 3.05. The molecule has 3 aromatic rings. The summed E-state index contributed by atoms with van der Waals surface area (Å²) in [5, 5.41) is 4.58. The Morgan fingerprint density at radius 2 is 2.00 bits per heavy atom. The number of nitrogens with zero attached hydrogens (tertiary/aromatic N) is 3. The number of thiophene rings is 1. The van der Waals surface area contributed by atoms with Gasteiger partial charge in [0.1, 0.15) is 17.0 Å². The predicted octanol–water partition coefficient (Wildman–Crippen LogP) is 4.26. The van der Waals surface area contributed by atoms with Crippen molar-refractivity contribution in [1.29, 1.82) is 0 Å². The first kappa shape index (κ1) is 17.0. The van der Waals surface area contributed by atoms with Crippen LogP contribution in [-0.4, -0.2) is 34.9 Å². The standard InChI is InChI=1S/C20H22N4OS/c1-12-4-9-15-16(10-12)26-19-17(15)18(21-11-22-19)23-14-7-5-13(6-8-14)20(25)24(2)3/h5-8,11-12H,4,9-10H2,1-3H3,(H,21,22,23). The highest BCUT2D eigenvalue weighted by atomic mass is 32.1. The van der Waals surface area contributed by atoms with E-state index in [9.17, 15) is 4.79 Å². The van der Waals surface area contributed by atoms with Crippen LogP contribution in [0, 0.1) is 5.92 Å². The van der Waals surface area contributed by atoms with Gasteiger partial charge in [0.25, 0.3) is 5.91 Å². The molecule has 2 aromatic heterocycles. The average molecular weight is 366 g/mol. The van der Waals surface area contributed by atoms with Crippen molar-refractivity contribution >= 4 is 39.0 Å². The number of fused-ring (bicyclic) bond motifs is 3. The summed E-state index contributed by atoms with van der Waals surface area (Å²) in [6, 6.07) is 7.53. The second-order valence-electron chi connectivity index (χ2n) is 7.16. The van der Waals surface area contributed by atoms with Gasteiger partial charge in [-0.05, 0) is 55.0 Å². The molecule has 2 heterocycles. The summed E-state index contributed by atoms with van der Waals surface area (Å²) in [4.78, 5) is 25.1. The van der Waals surface area contributed by atoms with E-state index in [2.05, 4.69) is 22.2 Å². The van der Waals surface area contributed by atoms with Crippen LogP contribution in [0.15, 0.2) is 30.6 Å². The normalized spacial score (nSPS) is 16.3. The number of carbonyl (C=O) groups is 1. The molecule has 1 unspecified atom stereocenters. The van der Waals surface area contributed by atoms with Gasteiger partial charge in [0.05, 0.1) is 5.39 Å². The van der Waals surface area contributed by atoms with Crippen LogP contribution < -0.4 is 5.32 Å². The lowest BCUT2D eigenvalue weighted by atomic mass is 9.89. The molecular formula is C20H22N4OS. The summed E-state index contributed by atoms with van der Waals surface area (Å²) in [5.41, 5.74) is 3.00. The topological polar surface area (TPSA) is 58.1 Å². The molecule has 0 saturated heterocycles. The van der Waals surface area contributed by atoms with Gasteiger partial charge in [-0.25, -0.2) is 9.97 Å². The van der Waals surface area contributed by atoms with Crippen LogP contribution in [0.2, 0.25) is 0 Å². The minimum atomic E-state index is 0.00185. The quantitative estimate of drug-likeness (QED) is 0.752. The zero-order valence-corrected chi connectivity index (χ0v) is 16.1. The van der Waals surface area contributed by atoms with Crippen molar-refractivity contribution in [2.24, 2.45) is 5.92 Å². The Morgan fingerprint density at radius 1 is 1.23 bits per heavy atom. The van der Waals surface area contributed by atoms with Gasteiger partial charge in [-0.2, -0.15) is 0 Å². The van der Waals surface area contributed by atoms with Crippen molar-refractivity contribution in [3.8, 4) is 0 Å². The largest absolute Gasteiger partial charge is 0.345 e. The average Bonchev–Trinajstić information content (AvgIpc) is 3.00. The Morgan fingerprint density at radius 3 is 2.73 bits per heavy atom. The highest BCUT2D eigenvalue weighted by Gasteiger charge is 2.23. The van der Waals surface area contributed by atoms with Crippen LogP contribution >= 0.6 is 11.3 Å². The van der Waals surface area contributed by atoms with Crippen molar-refractivity contribution < 1.29 is 4.79 Å². The van der Waals surface area contributed by atoms with E-state index in [1.807, 2.05) is 24.3 Å². The molecule has 1 N–H and O–H groups in total. The van der Waals surface area contributed by atoms with E-state index in [1.165, 1.54) is 16.9 Å². The van der Waals surface area contributed by atoms with Crippen molar-refractivity contribution in [3.63, 3.8) is 0 Å². The van der Waals surface area contributed by atoms with Crippen molar-refractivity contribution in [2.45, 2.75) is 26.2 Å². The highest BCUT2D eigenvalue weighted by molar-refractivity contribution is 7.19. The molecule has 5 nitrogen and oxygen atoms in total. The van der Waals surface area contributed by atoms with Crippen molar-refractivity contribution in [3.05, 3.63) is 46.6 Å². The lowest BCUT2D eigenvalue weighted by molar-refractivity contribution is 0.0827. The Bertz CT molecular complexity index is 962. The summed E-state index contributed by atoms with van der Waals surface area (Å²) in [6.07, 6.45) is 5.07. The molecule has 1 aliphatic carbocycles. The van der Waals surface area contributed by atoms with Gasteiger partial charge in [0.15, 0.2) is 0 Å². The first-order chi connectivity index (χ1) is 12.5. The molecule has 0 fully saturated rings. The van der Waals surface area contributed by atoms with Crippen LogP contribution in [0.25, 0.3) is 10.2 Å². The SMILES string of the molecule is CC1CCc2c(sc3ncnc(Nc4ccc(C(=O)N(C)C)cc4)c23)C1. The third-order valence-corrected chi connectivity index (χ3v) is 6.05. The fourth-order valence-corrected chi connectivity index (χ4v) is 4.81. The molecule has 0 radical (unpaired) electrons. The van der Waals surface area contributed by atoms with Gasteiger partial charge in [0, 0.05) is 30.2 Å². The molecule has 0 aliphatic heterocycles. The minimum absolute atomic E-state index is 0.00185. The fraction of sp³-hybridized carbons (Fsp3) is 0.350. The Hall–Kier alpha value is -2.47. The number of benzene rings is 1. The third-order valence-electron chi connectivity index (χ3n) is 4.89. The monoisotopic (exact) mass is 366 g/mol. The number of nitrogens with one attached hydrogen (secondary N) is 1. The molecule has 26 heavy (non-hydrogen) atoms. The molecule has 1 aromatic carbocycles. The number of hydrogen-bond donors (Lipinski definition) is 1. The van der Waals surface area contributed by atoms with Gasteiger partial charge >= 0.3 is 0 Å². The number of aromatic nitrogens is 2. The lowest BCUT2D eigenvalue weighted by Crippen LogP contribution is -2.21. The van der Waals surface area contributed by atoms with E-state index in [4.69, 9.17) is 0 Å². The van der Waals surface area contributed by atoms with E-state index >= 15 is 0 Å². The maximum absolute atomic E-state index is 12.0. The van der Waals surface area contributed by atoms with Gasteiger partial charge in [-0.3, -0.25) is 4.79 Å². The first-order valence-electron chi connectivity index (χ1n) is 8.87. The number of aryl methyl sites for hydroxylation is 1. The summed E-state index contributed by atoms with van der Waals surface area (Å²) in [5.74, 6) is 1.59. The second-order valence-corrected chi connectivity index (χ2v) is 8.24. The molecule has 0 bridgehead atoms. The molecule has 0 spiro atoms. The Labute approximate surface area is 157 Å². The van der Waals surface area contributed by atoms with Crippen molar-refractivity contribution in [1.82, 2.24) is 14.9 Å². The van der Waals surface area contributed by atoms with Gasteiger partial charge < -0.3 is 10.2 Å². The highest BCUT2D eigenvalue weighted by Crippen LogP contribution is 2.40. The van der Waals surface area contributed by atoms with Gasteiger partial charge in [-0.1, -0.05) is 6.92 Å². The Balaban J connectivity index is 1.66. The molecule has 1 aliphatic rings. The van der Waals surface area contributed by atoms with E-state index in [-0.39, 0.29) is 5.91 Å². The zero-order chi connectivity index (χ0) is 18.3. The van der Waals surface area contributed by atoms with E-state index < -0.39 is 0 Å². The first-order valence-corrected chi connectivity index (χ1v) is 9.68. The predicted molar refractivity (Wildman–Crippen MR) is 106 cm³/mol. The van der Waals surface area contributed by atoms with E-state index in [0.29, 0.717) is 5.56 Å². The number of rotatable bonds is 3. The number of hydrogen-bond acceptors (Lipinski definition) is 5. The Kier molecular flexibility index (Phi) is 4.36. The molecular weight excluding hydrogens is 344 g/mol. The maximum atomic E-state index is 12.0. The zero-order valence-electron chi connectivity index (χ0n) is 15.2. The number of carbonyl (C=O) groups excluding carboxylic acids is 1. The molecule has 6 heteroatoms. The number of amides is 1. The smallest absolute Gasteiger partial charge is 0.253 e. The van der Waals surface area contributed by atoms with Crippen LogP contribution in [0.4, 0.5) is 11.5 Å². The van der Waals surface area contributed by atoms with Crippen LogP contribution in [-0.2, 0) is 12.8 Å². The summed E-state index contributed by atoms with van der Waals surface area (Å²) in [6.45, 7) is 2.31. The summed E-state index contributed by atoms with van der Waals surface area (Å²) >= 11 is 1.80. The number of anilines is 2. The van der Waals surface area contributed by atoms with Crippen LogP contribution in [0.5, 0.6) is 0 Å². The molecule has 1 amide bonds. The molecule has 0 saturated carbocycles. The van der Waals surface area contributed by atoms with Crippen molar-refractivity contribution in [2.75, 3.05) is 19.4 Å². The van der Waals surface area contributed by atoms with E-state index in [1.54, 1.807) is 36.7 Å². The summed E-state index contributed by atoms with van der Waals surface area (Å²) in [7, 11) is 3.51. The molecule has 1 atom stereocenters.